The molecule has 0 saturated carbocycles. The van der Waals surface area contributed by atoms with Gasteiger partial charge in [-0.25, -0.2) is 4.67 Å². The molecule has 2 atom stereocenters. The van der Waals surface area contributed by atoms with Crippen LogP contribution >= 0.6 is 8.53 Å². The second-order valence-corrected chi connectivity index (χ2v) is 14.6. The van der Waals surface area contributed by atoms with Crippen LogP contribution in [0.25, 0.3) is 0 Å². The Labute approximate surface area is 305 Å². The van der Waals surface area contributed by atoms with Crippen molar-refractivity contribution < 1.29 is 28.1 Å². The van der Waals surface area contributed by atoms with Crippen LogP contribution < -0.4 is 14.8 Å². The molecule has 274 valence electrons. The summed E-state index contributed by atoms with van der Waals surface area (Å²) >= 11 is 0. The minimum atomic E-state index is -1.31. The molecule has 51 heavy (non-hydrogen) atoms. The van der Waals surface area contributed by atoms with E-state index in [4.69, 9.17) is 23.8 Å². The number of carbonyl (C=O) groups excluding carboxylic acids is 2. The maximum atomic E-state index is 15.3. The van der Waals surface area contributed by atoms with Crippen molar-refractivity contribution in [1.29, 1.82) is 5.26 Å². The number of unbranched alkanes of at least 4 members (excludes halogenated alkanes) is 1. The van der Waals surface area contributed by atoms with E-state index < -0.39 is 20.0 Å². The van der Waals surface area contributed by atoms with E-state index in [1.165, 1.54) is 0 Å². The van der Waals surface area contributed by atoms with Gasteiger partial charge in [-0.05, 0) is 94.3 Å². The van der Waals surface area contributed by atoms with Gasteiger partial charge in [-0.2, -0.15) is 5.26 Å². The molecule has 1 unspecified atom stereocenters. The molecule has 1 aliphatic heterocycles. The first-order valence-electron chi connectivity index (χ1n) is 17.8. The molecule has 1 aliphatic rings. The zero-order valence-electron chi connectivity index (χ0n) is 30.8. The average Bonchev–Trinajstić information content (AvgIpc) is 3.64. The topological polar surface area (TPSA) is 113 Å². The standard InChI is InChI=1S/C40H53N4O6P/c1-30(2)44(31(3)4)51(50-29-13-25-41)49-28-11-10-26-42-38(45)37-16-12-27-43(37)39(46)40(32-14-8-7-9-15-32,33-17-21-35(47-5)22-18-33)34-19-23-36(48-6)24-20-34/h7-9,14-15,17-24,30-31,37H,10-13,16,26-29H2,1-6H3,(H,42,45)/t37-,51?/m0/s1. The normalized spacial score (nSPS) is 15.2. The first-order chi connectivity index (χ1) is 24.7. The number of likely N-dealkylation sites (tertiary alicyclic amines) is 1. The minimum Gasteiger partial charge on any atom is -0.497 e. The van der Waals surface area contributed by atoms with Gasteiger partial charge in [-0.3, -0.25) is 9.59 Å². The summed E-state index contributed by atoms with van der Waals surface area (Å²) < 4.78 is 25.3. The summed E-state index contributed by atoms with van der Waals surface area (Å²) in [6.07, 6.45) is 3.06. The van der Waals surface area contributed by atoms with Crippen molar-refractivity contribution in [2.24, 2.45) is 0 Å². The fraction of sp³-hybridized carbons (Fsp3) is 0.475. The van der Waals surface area contributed by atoms with Crippen molar-refractivity contribution >= 4 is 20.3 Å². The van der Waals surface area contributed by atoms with Crippen LogP contribution in [0, 0.1) is 11.3 Å². The van der Waals surface area contributed by atoms with Crippen LogP contribution in [-0.2, 0) is 24.1 Å². The monoisotopic (exact) mass is 716 g/mol. The van der Waals surface area contributed by atoms with E-state index in [1.54, 1.807) is 19.1 Å². The number of amides is 2. The summed E-state index contributed by atoms with van der Waals surface area (Å²) in [6, 6.07) is 26.9. The van der Waals surface area contributed by atoms with Crippen LogP contribution in [-0.4, -0.2) is 80.0 Å². The highest BCUT2D eigenvalue weighted by Gasteiger charge is 2.49. The SMILES string of the molecule is COc1ccc(C(C(=O)N2CCC[C@H]2C(=O)NCCCCOP(OCCC#N)N(C(C)C)C(C)C)(c2ccccc2)c2ccc(OC)cc2)cc1. The summed E-state index contributed by atoms with van der Waals surface area (Å²) in [6.45, 7) is 10.2. The molecule has 1 fully saturated rings. The number of carbonyl (C=O) groups is 2. The van der Waals surface area contributed by atoms with Crippen LogP contribution in [0.5, 0.6) is 11.5 Å². The van der Waals surface area contributed by atoms with Gasteiger partial charge in [0, 0.05) is 25.2 Å². The molecule has 0 aliphatic carbocycles. The van der Waals surface area contributed by atoms with Crippen molar-refractivity contribution in [2.45, 2.75) is 83.3 Å². The predicted octanol–water partition coefficient (Wildman–Crippen LogP) is 7.22. The highest BCUT2D eigenvalue weighted by Crippen LogP contribution is 2.46. The lowest BCUT2D eigenvalue weighted by Crippen LogP contribution is -2.54. The number of ether oxygens (including phenoxy) is 2. The number of nitrogens with zero attached hydrogens (tertiary/aromatic N) is 3. The number of benzene rings is 3. The Balaban J connectivity index is 1.51. The fourth-order valence-electron chi connectivity index (χ4n) is 6.75. The Bertz CT molecular complexity index is 1510. The molecule has 1 saturated heterocycles. The Morgan fingerprint density at radius 2 is 1.41 bits per heavy atom. The lowest BCUT2D eigenvalue weighted by Gasteiger charge is -2.39. The Hall–Kier alpha value is -4.00. The van der Waals surface area contributed by atoms with E-state index in [-0.39, 0.29) is 23.9 Å². The Morgan fingerprint density at radius 3 is 1.94 bits per heavy atom. The van der Waals surface area contributed by atoms with Crippen molar-refractivity contribution in [1.82, 2.24) is 14.9 Å². The number of hydrogen-bond acceptors (Lipinski definition) is 8. The first kappa shape index (κ1) is 39.8. The predicted molar refractivity (Wildman–Crippen MR) is 200 cm³/mol. The van der Waals surface area contributed by atoms with E-state index in [0.29, 0.717) is 57.1 Å². The Morgan fingerprint density at radius 1 is 0.863 bits per heavy atom. The second kappa shape index (κ2) is 19.6. The van der Waals surface area contributed by atoms with Crippen molar-refractivity contribution in [3.63, 3.8) is 0 Å². The van der Waals surface area contributed by atoms with Crippen LogP contribution in [0.3, 0.4) is 0 Å². The number of hydrogen-bond donors (Lipinski definition) is 1. The second-order valence-electron chi connectivity index (χ2n) is 13.1. The molecule has 0 spiro atoms. The minimum absolute atomic E-state index is 0.152. The van der Waals surface area contributed by atoms with Gasteiger partial charge in [-0.15, -0.1) is 0 Å². The molecule has 11 heteroatoms. The zero-order chi connectivity index (χ0) is 36.8. The summed E-state index contributed by atoms with van der Waals surface area (Å²) in [5.41, 5.74) is 1.14. The summed E-state index contributed by atoms with van der Waals surface area (Å²) in [7, 11) is 1.93. The maximum Gasteiger partial charge on any atom is 0.259 e. The molecule has 0 bridgehead atoms. The van der Waals surface area contributed by atoms with Gasteiger partial charge in [0.15, 0.2) is 0 Å². The summed E-state index contributed by atoms with van der Waals surface area (Å²) in [4.78, 5) is 30.8. The number of methoxy groups -OCH3 is 2. The van der Waals surface area contributed by atoms with Crippen molar-refractivity contribution in [3.8, 4) is 17.6 Å². The molecule has 2 amide bonds. The van der Waals surface area contributed by atoms with Crippen molar-refractivity contribution in [3.05, 3.63) is 95.6 Å². The third-order valence-corrected chi connectivity index (χ3v) is 11.2. The first-order valence-corrected chi connectivity index (χ1v) is 19.0. The van der Waals surface area contributed by atoms with Gasteiger partial charge in [0.25, 0.3) is 8.53 Å². The molecular formula is C40H53N4O6P. The molecule has 1 heterocycles. The van der Waals surface area contributed by atoms with E-state index in [1.807, 2.05) is 78.9 Å². The molecule has 3 aromatic carbocycles. The highest BCUT2D eigenvalue weighted by atomic mass is 31.2. The molecular weight excluding hydrogens is 663 g/mol. The van der Waals surface area contributed by atoms with Gasteiger partial charge in [0.1, 0.15) is 23.0 Å². The van der Waals surface area contributed by atoms with Gasteiger partial charge >= 0.3 is 0 Å². The third kappa shape index (κ3) is 9.66. The van der Waals surface area contributed by atoms with Gasteiger partial charge < -0.3 is 28.7 Å². The van der Waals surface area contributed by atoms with Gasteiger partial charge in [0.05, 0.1) is 39.9 Å². The van der Waals surface area contributed by atoms with Crippen LogP contribution in [0.4, 0.5) is 0 Å². The average molecular weight is 717 g/mol. The largest absolute Gasteiger partial charge is 0.497 e. The number of rotatable bonds is 19. The molecule has 0 radical (unpaired) electrons. The van der Waals surface area contributed by atoms with Gasteiger partial charge in [-0.1, -0.05) is 54.6 Å². The maximum absolute atomic E-state index is 15.3. The van der Waals surface area contributed by atoms with E-state index in [0.717, 1.165) is 29.5 Å². The van der Waals surface area contributed by atoms with Crippen LogP contribution in [0.15, 0.2) is 78.9 Å². The molecule has 3 aromatic rings. The van der Waals surface area contributed by atoms with Crippen LogP contribution in [0.1, 0.15) is 76.5 Å². The Kier molecular flexibility index (Phi) is 15.3. The van der Waals surface area contributed by atoms with E-state index in [9.17, 15) is 4.79 Å². The van der Waals surface area contributed by atoms with Gasteiger partial charge in [0.2, 0.25) is 11.8 Å². The quantitative estimate of drug-likeness (QED) is 0.0787. The fourth-order valence-corrected chi connectivity index (χ4v) is 8.38. The number of nitrogens with one attached hydrogen (secondary N) is 1. The molecule has 10 nitrogen and oxygen atoms in total. The molecule has 4 rings (SSSR count). The summed E-state index contributed by atoms with van der Waals surface area (Å²) in [5.74, 6) is 1.07. The highest BCUT2D eigenvalue weighted by molar-refractivity contribution is 7.44. The molecule has 1 N–H and O–H groups in total. The summed E-state index contributed by atoms with van der Waals surface area (Å²) in [5, 5.41) is 12.1. The smallest absolute Gasteiger partial charge is 0.259 e. The van der Waals surface area contributed by atoms with E-state index >= 15 is 4.79 Å². The van der Waals surface area contributed by atoms with Crippen molar-refractivity contribution in [2.75, 3.05) is 40.5 Å². The lowest BCUT2D eigenvalue weighted by molar-refractivity contribution is -0.140. The van der Waals surface area contributed by atoms with E-state index in [2.05, 4.69) is 43.8 Å². The zero-order valence-corrected chi connectivity index (χ0v) is 31.7. The molecule has 0 aromatic heterocycles. The van der Waals surface area contributed by atoms with Crippen LogP contribution in [0.2, 0.25) is 0 Å². The lowest BCUT2D eigenvalue weighted by atomic mass is 9.68. The number of nitriles is 1. The third-order valence-electron chi connectivity index (χ3n) is 9.12.